The van der Waals surface area contributed by atoms with Crippen LogP contribution in [0.15, 0.2) is 72.8 Å². The number of hydrogen-bond donors (Lipinski definition) is 1. The first-order chi connectivity index (χ1) is 15.0. The molecule has 4 aromatic carbocycles. The fourth-order valence-corrected chi connectivity index (χ4v) is 3.16. The molecule has 0 saturated heterocycles. The molecule has 0 aliphatic rings. The Bertz CT molecular complexity index is 1250. The van der Waals surface area contributed by atoms with Crippen molar-refractivity contribution >= 4 is 33.5 Å². The van der Waals surface area contributed by atoms with Gasteiger partial charge in [0.25, 0.3) is 0 Å². The first-order valence-corrected chi connectivity index (χ1v) is 9.43. The summed E-state index contributed by atoms with van der Waals surface area (Å²) in [6, 6.07) is 22.1. The van der Waals surface area contributed by atoms with Crippen molar-refractivity contribution in [3.8, 4) is 11.5 Å². The summed E-state index contributed by atoms with van der Waals surface area (Å²) in [5.41, 5.74) is 0.639. The summed E-state index contributed by atoms with van der Waals surface area (Å²) < 4.78 is 14.5. The summed E-state index contributed by atoms with van der Waals surface area (Å²) in [7, 11) is 4.18. The van der Waals surface area contributed by atoms with Crippen molar-refractivity contribution in [3.63, 3.8) is 0 Å². The third-order valence-electron chi connectivity index (χ3n) is 4.74. The van der Waals surface area contributed by atoms with E-state index in [1.807, 2.05) is 54.6 Å². The molecule has 0 radical (unpaired) electrons. The summed E-state index contributed by atoms with van der Waals surface area (Å²) in [5.74, 6) is -0.438. The highest BCUT2D eigenvalue weighted by atomic mass is 16.5. The highest BCUT2D eigenvalue weighted by Gasteiger charge is 2.13. The van der Waals surface area contributed by atoms with Gasteiger partial charge in [0.1, 0.15) is 22.6 Å². The van der Waals surface area contributed by atoms with E-state index < -0.39 is 5.97 Å². The third kappa shape index (κ3) is 4.75. The number of phenols is 1. The van der Waals surface area contributed by atoms with Crippen molar-refractivity contribution in [2.45, 2.75) is 0 Å². The van der Waals surface area contributed by atoms with Gasteiger partial charge < -0.3 is 19.3 Å². The monoisotopic (exact) mass is 418 g/mol. The van der Waals surface area contributed by atoms with Crippen LogP contribution >= 0.6 is 0 Å². The molecule has 4 rings (SSSR count). The predicted molar refractivity (Wildman–Crippen MR) is 119 cm³/mol. The van der Waals surface area contributed by atoms with Crippen LogP contribution in [0.1, 0.15) is 20.7 Å². The third-order valence-corrected chi connectivity index (χ3v) is 4.74. The Hall–Kier alpha value is -4.06. The van der Waals surface area contributed by atoms with Crippen LogP contribution in [-0.4, -0.2) is 38.4 Å². The van der Waals surface area contributed by atoms with E-state index in [0.717, 1.165) is 21.5 Å². The van der Waals surface area contributed by atoms with Gasteiger partial charge in [-0.25, -0.2) is 9.59 Å². The first kappa shape index (κ1) is 21.6. The van der Waals surface area contributed by atoms with E-state index in [0.29, 0.717) is 11.3 Å². The summed E-state index contributed by atoms with van der Waals surface area (Å²) in [4.78, 5) is 22.8. The molecule has 158 valence electrons. The molecule has 0 aromatic heterocycles. The van der Waals surface area contributed by atoms with Gasteiger partial charge in [0.15, 0.2) is 0 Å². The molecular formula is C25H22O6. The molecule has 0 saturated carbocycles. The number of carbonyl (C=O) groups is 2. The van der Waals surface area contributed by atoms with E-state index in [1.165, 1.54) is 21.3 Å². The molecule has 0 bridgehead atoms. The highest BCUT2D eigenvalue weighted by Crippen LogP contribution is 2.27. The van der Waals surface area contributed by atoms with Crippen molar-refractivity contribution in [3.05, 3.63) is 83.9 Å². The van der Waals surface area contributed by atoms with Crippen LogP contribution in [0.3, 0.4) is 0 Å². The second-order valence-corrected chi connectivity index (χ2v) is 6.60. The Labute approximate surface area is 179 Å². The maximum atomic E-state index is 11.5. The maximum Gasteiger partial charge on any atom is 0.341 e. The number of ether oxygens (including phenoxy) is 3. The Morgan fingerprint density at radius 2 is 1.06 bits per heavy atom. The van der Waals surface area contributed by atoms with Gasteiger partial charge >= 0.3 is 11.9 Å². The van der Waals surface area contributed by atoms with Gasteiger partial charge in [-0.15, -0.1) is 0 Å². The Morgan fingerprint density at radius 1 is 0.645 bits per heavy atom. The molecule has 6 heteroatoms. The minimum atomic E-state index is -0.529. The second-order valence-electron chi connectivity index (χ2n) is 6.60. The number of aromatic hydroxyl groups is 1. The predicted octanol–water partition coefficient (Wildman–Crippen LogP) is 4.97. The summed E-state index contributed by atoms with van der Waals surface area (Å²) >= 11 is 0. The highest BCUT2D eigenvalue weighted by molar-refractivity contribution is 5.99. The number of phenolic OH excluding ortho intramolecular Hbond substituents is 1. The molecule has 0 spiro atoms. The van der Waals surface area contributed by atoms with Crippen molar-refractivity contribution < 1.29 is 28.9 Å². The van der Waals surface area contributed by atoms with Gasteiger partial charge in [0, 0.05) is 0 Å². The van der Waals surface area contributed by atoms with Crippen LogP contribution in [0.5, 0.6) is 11.5 Å². The van der Waals surface area contributed by atoms with E-state index >= 15 is 0 Å². The minimum absolute atomic E-state index is 0.0550. The van der Waals surface area contributed by atoms with Crippen LogP contribution in [0.25, 0.3) is 21.5 Å². The van der Waals surface area contributed by atoms with Crippen molar-refractivity contribution in [2.24, 2.45) is 0 Å². The molecule has 0 fully saturated rings. The molecule has 6 nitrogen and oxygen atoms in total. The van der Waals surface area contributed by atoms with Gasteiger partial charge in [-0.2, -0.15) is 0 Å². The number of esters is 2. The Balaban J connectivity index is 0.000000176. The Kier molecular flexibility index (Phi) is 6.72. The lowest BCUT2D eigenvalue weighted by Crippen LogP contribution is -2.03. The minimum Gasteiger partial charge on any atom is -0.507 e. The second kappa shape index (κ2) is 9.63. The average molecular weight is 418 g/mol. The van der Waals surface area contributed by atoms with Crippen molar-refractivity contribution in [1.29, 1.82) is 0 Å². The summed E-state index contributed by atoms with van der Waals surface area (Å²) in [6.45, 7) is 0. The smallest absolute Gasteiger partial charge is 0.341 e. The average Bonchev–Trinajstić information content (AvgIpc) is 2.82. The van der Waals surface area contributed by atoms with Gasteiger partial charge in [0.05, 0.1) is 21.3 Å². The topological polar surface area (TPSA) is 82.1 Å². The molecule has 0 heterocycles. The SMILES string of the molecule is COC(=O)c1cc2ccccc2cc1O.COC(=O)c1cc2ccccc2cc1OC. The number of carbonyl (C=O) groups excluding carboxylic acids is 2. The van der Waals surface area contributed by atoms with E-state index in [4.69, 9.17) is 9.47 Å². The normalized spacial score (nSPS) is 10.2. The molecule has 0 atom stereocenters. The van der Waals surface area contributed by atoms with E-state index in [1.54, 1.807) is 18.2 Å². The summed E-state index contributed by atoms with van der Waals surface area (Å²) in [6.07, 6.45) is 0. The molecule has 0 amide bonds. The number of hydrogen-bond acceptors (Lipinski definition) is 6. The fraction of sp³-hybridized carbons (Fsp3) is 0.120. The van der Waals surface area contributed by atoms with E-state index in [2.05, 4.69) is 4.74 Å². The number of methoxy groups -OCH3 is 3. The molecule has 0 aliphatic heterocycles. The van der Waals surface area contributed by atoms with Crippen LogP contribution in [0.4, 0.5) is 0 Å². The number of rotatable bonds is 3. The van der Waals surface area contributed by atoms with Crippen molar-refractivity contribution in [2.75, 3.05) is 21.3 Å². The molecule has 0 unspecified atom stereocenters. The van der Waals surface area contributed by atoms with Gasteiger partial charge in [-0.05, 0) is 45.8 Å². The van der Waals surface area contributed by atoms with E-state index in [9.17, 15) is 14.7 Å². The maximum absolute atomic E-state index is 11.5. The van der Waals surface area contributed by atoms with Crippen LogP contribution in [0.2, 0.25) is 0 Å². The van der Waals surface area contributed by atoms with Crippen LogP contribution in [-0.2, 0) is 9.47 Å². The van der Waals surface area contributed by atoms with Gasteiger partial charge in [-0.3, -0.25) is 0 Å². The lowest BCUT2D eigenvalue weighted by molar-refractivity contribution is 0.0588. The first-order valence-electron chi connectivity index (χ1n) is 9.43. The molecular weight excluding hydrogens is 396 g/mol. The molecule has 31 heavy (non-hydrogen) atoms. The van der Waals surface area contributed by atoms with Crippen LogP contribution in [0, 0.1) is 0 Å². The standard InChI is InChI=1S/C13H12O3.C12H10O3/c1-15-12-8-10-6-4-3-5-9(10)7-11(12)13(14)16-2;1-15-12(14)10-6-8-4-2-3-5-9(8)7-11(10)13/h3-8H,1-2H3;2-7,13H,1H3. The fourth-order valence-electron chi connectivity index (χ4n) is 3.16. The van der Waals surface area contributed by atoms with E-state index in [-0.39, 0.29) is 17.3 Å². The Morgan fingerprint density at radius 3 is 1.55 bits per heavy atom. The zero-order chi connectivity index (χ0) is 22.4. The van der Waals surface area contributed by atoms with Crippen LogP contribution < -0.4 is 4.74 Å². The number of fused-ring (bicyclic) bond motifs is 2. The number of benzene rings is 4. The van der Waals surface area contributed by atoms with Gasteiger partial charge in [0.2, 0.25) is 0 Å². The summed E-state index contributed by atoms with van der Waals surface area (Å²) in [5, 5.41) is 13.4. The quantitative estimate of drug-likeness (QED) is 0.473. The lowest BCUT2D eigenvalue weighted by atomic mass is 10.1. The molecule has 4 aromatic rings. The zero-order valence-corrected chi connectivity index (χ0v) is 17.4. The molecule has 0 aliphatic carbocycles. The zero-order valence-electron chi connectivity index (χ0n) is 17.4. The lowest BCUT2D eigenvalue weighted by Gasteiger charge is -2.08. The van der Waals surface area contributed by atoms with Crippen molar-refractivity contribution in [1.82, 2.24) is 0 Å². The molecule has 1 N–H and O–H groups in total. The van der Waals surface area contributed by atoms with Gasteiger partial charge in [-0.1, -0.05) is 48.5 Å². The largest absolute Gasteiger partial charge is 0.507 e.